The van der Waals surface area contributed by atoms with Crippen molar-refractivity contribution in [2.24, 2.45) is 5.16 Å². The predicted octanol–water partition coefficient (Wildman–Crippen LogP) is 5.63. The van der Waals surface area contributed by atoms with Crippen molar-refractivity contribution < 1.29 is 43.0 Å². The Morgan fingerprint density at radius 1 is 0.600 bits per heavy atom. The van der Waals surface area contributed by atoms with Gasteiger partial charge in [0, 0.05) is 0 Å². The fourth-order valence-corrected chi connectivity index (χ4v) is 4.97. The van der Waals surface area contributed by atoms with Gasteiger partial charge < -0.3 is 23.8 Å². The van der Waals surface area contributed by atoms with Crippen LogP contribution in [0.5, 0.6) is 0 Å². The van der Waals surface area contributed by atoms with Crippen LogP contribution in [0.15, 0.2) is 126 Å². The summed E-state index contributed by atoms with van der Waals surface area (Å²) in [6.07, 6.45) is -3.98. The van der Waals surface area contributed by atoms with Crippen LogP contribution in [-0.2, 0) is 23.8 Å². The largest absolute Gasteiger partial charge is 0.459 e. The molecule has 0 aliphatic carbocycles. The highest BCUT2D eigenvalue weighted by molar-refractivity contribution is 9.09. The van der Waals surface area contributed by atoms with Gasteiger partial charge in [0.25, 0.3) is 0 Å². The van der Waals surface area contributed by atoms with E-state index in [9.17, 15) is 19.2 Å². The van der Waals surface area contributed by atoms with E-state index in [4.69, 9.17) is 23.8 Å². The summed E-state index contributed by atoms with van der Waals surface area (Å²) in [7, 11) is 0. The van der Waals surface area contributed by atoms with Gasteiger partial charge in [-0.25, -0.2) is 19.2 Å². The summed E-state index contributed by atoms with van der Waals surface area (Å²) in [4.78, 5) is 57.3. The summed E-state index contributed by atoms with van der Waals surface area (Å²) in [6.45, 7) is -0.390. The van der Waals surface area contributed by atoms with Gasteiger partial charge in [0.2, 0.25) is 0 Å². The van der Waals surface area contributed by atoms with E-state index >= 15 is 0 Å². The highest BCUT2D eigenvalue weighted by Gasteiger charge is 2.49. The normalized spacial score (nSPS) is 20.1. The van der Waals surface area contributed by atoms with Gasteiger partial charge in [0.15, 0.2) is 17.2 Å². The lowest BCUT2D eigenvalue weighted by Crippen LogP contribution is -2.58. The Balaban J connectivity index is 1.48. The molecule has 0 saturated carbocycles. The van der Waals surface area contributed by atoms with Gasteiger partial charge in [-0.1, -0.05) is 93.9 Å². The summed E-state index contributed by atoms with van der Waals surface area (Å²) in [5.41, 5.74) is 0.820. The Hall–Kier alpha value is -5.13. The number of hydrogen-bond acceptors (Lipinski definition) is 10. The number of alkyl halides is 1. The van der Waals surface area contributed by atoms with E-state index in [2.05, 4.69) is 21.1 Å². The molecule has 4 aromatic carbocycles. The van der Waals surface area contributed by atoms with E-state index < -0.39 is 47.2 Å². The molecular weight excluding hydrogens is 646 g/mol. The zero-order chi connectivity index (χ0) is 31.6. The number of carbonyl (C=O) groups is 4. The molecule has 0 radical (unpaired) electrons. The van der Waals surface area contributed by atoms with E-state index in [1.807, 2.05) is 0 Å². The van der Waals surface area contributed by atoms with Crippen LogP contribution in [-0.4, -0.2) is 59.5 Å². The molecule has 4 aromatic rings. The maximum atomic E-state index is 13.3. The van der Waals surface area contributed by atoms with Crippen molar-refractivity contribution in [2.75, 3.05) is 6.61 Å². The van der Waals surface area contributed by atoms with E-state index in [1.54, 1.807) is 121 Å². The third kappa shape index (κ3) is 8.08. The second-order valence-electron chi connectivity index (χ2n) is 9.64. The van der Waals surface area contributed by atoms with Crippen LogP contribution in [0.2, 0.25) is 0 Å². The summed E-state index contributed by atoms with van der Waals surface area (Å²) in [6, 6.07) is 32.7. The van der Waals surface area contributed by atoms with Crippen LogP contribution in [0.3, 0.4) is 0 Å². The van der Waals surface area contributed by atoms with E-state index in [0.717, 1.165) is 0 Å². The maximum Gasteiger partial charge on any atom is 0.365 e. The van der Waals surface area contributed by atoms with Gasteiger partial charge in [-0.05, 0) is 48.5 Å². The second-order valence-corrected chi connectivity index (χ2v) is 10.5. The first-order valence-electron chi connectivity index (χ1n) is 13.8. The Labute approximate surface area is 266 Å². The maximum absolute atomic E-state index is 13.3. The van der Waals surface area contributed by atoms with Crippen molar-refractivity contribution in [3.05, 3.63) is 144 Å². The molecule has 45 heavy (non-hydrogen) atoms. The van der Waals surface area contributed by atoms with Gasteiger partial charge in [-0.15, -0.1) is 0 Å². The number of hydrogen-bond donors (Lipinski definition) is 0. The molecule has 1 aliphatic rings. The third-order valence-corrected chi connectivity index (χ3v) is 7.30. The summed E-state index contributed by atoms with van der Waals surface area (Å²) >= 11 is 3.36. The van der Waals surface area contributed by atoms with Crippen molar-refractivity contribution in [1.29, 1.82) is 0 Å². The second kappa shape index (κ2) is 15.0. The number of benzene rings is 4. The molecule has 0 bridgehead atoms. The number of halogens is 1. The van der Waals surface area contributed by atoms with Crippen molar-refractivity contribution in [3.63, 3.8) is 0 Å². The number of esters is 3. The number of ether oxygens (including phenoxy) is 4. The van der Waals surface area contributed by atoms with Crippen molar-refractivity contribution in [1.82, 2.24) is 0 Å². The summed E-state index contributed by atoms with van der Waals surface area (Å²) in [5, 5.41) is 2.89. The molecule has 11 heteroatoms. The highest BCUT2D eigenvalue weighted by Crippen LogP contribution is 2.29. The standard InChI is InChI=1S/C34H26BrNO9/c35-30-27(36-45-34(40)25-19-11-4-12-20-25)29(44-33(39)24-17-9-3-10-18-24)28(43-32(38)23-15-7-2-8-16-23)26(42-30)21-41-31(37)22-13-5-1-6-14-22/h1-20,26,28-30H,21H2/b36-27+/t26-,28+,29-,30+/m1/s1. The highest BCUT2D eigenvalue weighted by atomic mass is 79.9. The lowest BCUT2D eigenvalue weighted by molar-refractivity contribution is -0.119. The van der Waals surface area contributed by atoms with Crippen molar-refractivity contribution in [3.8, 4) is 0 Å². The minimum atomic E-state index is -1.44. The van der Waals surface area contributed by atoms with Gasteiger partial charge in [0.05, 0.1) is 22.3 Å². The fourth-order valence-electron chi connectivity index (χ4n) is 4.35. The molecule has 1 aliphatic heterocycles. The van der Waals surface area contributed by atoms with Crippen LogP contribution < -0.4 is 0 Å². The minimum Gasteiger partial charge on any atom is -0.459 e. The summed E-state index contributed by atoms with van der Waals surface area (Å²) < 4.78 is 23.3. The Kier molecular flexibility index (Phi) is 10.5. The van der Waals surface area contributed by atoms with Crippen LogP contribution in [0.4, 0.5) is 0 Å². The molecule has 0 aromatic heterocycles. The molecule has 0 amide bonds. The van der Waals surface area contributed by atoms with Crippen LogP contribution >= 0.6 is 15.9 Å². The van der Waals surface area contributed by atoms with Crippen LogP contribution in [0.25, 0.3) is 0 Å². The number of nitrogens with zero attached hydrogens (tertiary/aromatic N) is 1. The quantitative estimate of drug-likeness (QED) is 0.0732. The molecule has 4 atom stereocenters. The average Bonchev–Trinajstić information content (AvgIpc) is 3.09. The Morgan fingerprint density at radius 3 is 1.51 bits per heavy atom. The summed E-state index contributed by atoms with van der Waals surface area (Å²) in [5.74, 6) is -2.97. The van der Waals surface area contributed by atoms with Gasteiger partial charge in [-0.3, -0.25) is 0 Å². The van der Waals surface area contributed by atoms with Crippen LogP contribution in [0.1, 0.15) is 41.4 Å². The van der Waals surface area contributed by atoms with E-state index in [1.165, 1.54) is 0 Å². The first-order chi connectivity index (χ1) is 21.9. The SMILES string of the molecule is O=C(OC[C@H]1O[C@H](Br)/C(=N/OC(=O)c2ccccc2)[C@@H](OC(=O)c2ccccc2)[C@H]1OC(=O)c1ccccc1)c1ccccc1. The average molecular weight is 672 g/mol. The monoisotopic (exact) mass is 671 g/mol. The first kappa shape index (κ1) is 31.3. The Morgan fingerprint density at radius 2 is 1.02 bits per heavy atom. The van der Waals surface area contributed by atoms with Crippen LogP contribution in [0, 0.1) is 0 Å². The minimum absolute atomic E-state index is 0.111. The molecule has 0 spiro atoms. The molecule has 1 saturated heterocycles. The predicted molar refractivity (Wildman–Crippen MR) is 165 cm³/mol. The molecular formula is C34H26BrNO9. The van der Waals surface area contributed by atoms with Gasteiger partial charge in [-0.2, -0.15) is 0 Å². The smallest absolute Gasteiger partial charge is 0.365 e. The molecule has 10 nitrogen and oxygen atoms in total. The molecule has 0 unspecified atom stereocenters. The van der Waals surface area contributed by atoms with Crippen molar-refractivity contribution >= 4 is 45.5 Å². The lowest BCUT2D eigenvalue weighted by Gasteiger charge is -2.39. The third-order valence-electron chi connectivity index (χ3n) is 6.61. The molecule has 0 N–H and O–H groups in total. The molecule has 228 valence electrons. The van der Waals surface area contributed by atoms with Gasteiger partial charge in [0.1, 0.15) is 18.4 Å². The van der Waals surface area contributed by atoms with E-state index in [-0.39, 0.29) is 29.0 Å². The molecule has 1 fully saturated rings. The fraction of sp³-hybridized carbons (Fsp3) is 0.147. The number of carbonyl (C=O) groups excluding carboxylic acids is 4. The lowest BCUT2D eigenvalue weighted by atomic mass is 10.00. The topological polar surface area (TPSA) is 127 Å². The zero-order valence-corrected chi connectivity index (χ0v) is 25.1. The zero-order valence-electron chi connectivity index (χ0n) is 23.6. The van der Waals surface area contributed by atoms with Crippen molar-refractivity contribution in [2.45, 2.75) is 23.3 Å². The molecule has 1 heterocycles. The van der Waals surface area contributed by atoms with Gasteiger partial charge >= 0.3 is 23.9 Å². The Bertz CT molecular complexity index is 1650. The number of oxime groups is 1. The number of rotatable bonds is 9. The van der Waals surface area contributed by atoms with E-state index in [0.29, 0.717) is 5.56 Å². The first-order valence-corrected chi connectivity index (χ1v) is 14.7. The molecule has 5 rings (SSSR count).